The Morgan fingerprint density at radius 3 is 2.52 bits per heavy atom. The third kappa shape index (κ3) is 4.38. The molecule has 1 aliphatic carbocycles. The Kier molecular flexibility index (Phi) is 5.46. The van der Waals surface area contributed by atoms with Crippen molar-refractivity contribution >= 4 is 38.7 Å². The van der Waals surface area contributed by atoms with Gasteiger partial charge in [0, 0.05) is 16.8 Å². The van der Waals surface area contributed by atoms with Crippen LogP contribution in [0.25, 0.3) is 0 Å². The highest BCUT2D eigenvalue weighted by atomic mass is 32.2. The van der Waals surface area contributed by atoms with E-state index in [9.17, 15) is 13.2 Å². The van der Waals surface area contributed by atoms with Gasteiger partial charge >= 0.3 is 0 Å². The zero-order chi connectivity index (χ0) is 20.3. The molecule has 1 aliphatic rings. The number of carbonyl (C=O) groups excluding carboxylic acids is 1. The first-order chi connectivity index (χ1) is 14.0. The molecule has 0 atom stereocenters. The minimum atomic E-state index is -3.61. The lowest BCUT2D eigenvalue weighted by molar-refractivity contribution is 0.0954. The summed E-state index contributed by atoms with van der Waals surface area (Å²) in [4.78, 5) is 12.4. The standard InChI is InChI=1S/C21H19N3O3S2/c25-21(23-22-19-8-3-6-15-5-1-2-7-18(15)19)16-10-12-17(13-11-16)24-29(26,27)20-9-4-14-28-20/h1-2,4-5,7,9-14,24H,3,6,8H2,(H,23,25)/b22-19+. The summed E-state index contributed by atoms with van der Waals surface area (Å²) in [6, 6.07) is 17.6. The summed E-state index contributed by atoms with van der Waals surface area (Å²) in [5.74, 6) is -0.340. The molecule has 0 radical (unpaired) electrons. The molecule has 0 saturated carbocycles. The average Bonchev–Trinajstić information content (AvgIpc) is 3.28. The fourth-order valence-corrected chi connectivity index (χ4v) is 5.26. The van der Waals surface area contributed by atoms with E-state index < -0.39 is 10.0 Å². The average molecular weight is 426 g/mol. The van der Waals surface area contributed by atoms with Crippen LogP contribution in [0.5, 0.6) is 0 Å². The van der Waals surface area contributed by atoms with Crippen LogP contribution in [0, 0.1) is 0 Å². The van der Waals surface area contributed by atoms with Gasteiger partial charge in [0.25, 0.3) is 15.9 Å². The number of nitrogens with one attached hydrogen (secondary N) is 2. The van der Waals surface area contributed by atoms with Gasteiger partial charge in [0.05, 0.1) is 5.71 Å². The van der Waals surface area contributed by atoms with E-state index in [-0.39, 0.29) is 10.1 Å². The number of carbonyl (C=O) groups is 1. The third-order valence-electron chi connectivity index (χ3n) is 4.64. The highest BCUT2D eigenvalue weighted by Crippen LogP contribution is 2.22. The van der Waals surface area contributed by atoms with Crippen LogP contribution < -0.4 is 10.1 Å². The van der Waals surface area contributed by atoms with Crippen LogP contribution in [0.2, 0.25) is 0 Å². The predicted molar refractivity (Wildman–Crippen MR) is 115 cm³/mol. The van der Waals surface area contributed by atoms with E-state index in [2.05, 4.69) is 21.3 Å². The lowest BCUT2D eigenvalue weighted by atomic mass is 9.90. The topological polar surface area (TPSA) is 87.6 Å². The van der Waals surface area contributed by atoms with Crippen LogP contribution >= 0.6 is 11.3 Å². The quantitative estimate of drug-likeness (QED) is 0.605. The Morgan fingerprint density at radius 2 is 1.76 bits per heavy atom. The van der Waals surface area contributed by atoms with E-state index >= 15 is 0 Å². The minimum absolute atomic E-state index is 0.239. The van der Waals surface area contributed by atoms with Crippen molar-refractivity contribution in [2.45, 2.75) is 23.5 Å². The van der Waals surface area contributed by atoms with E-state index in [0.29, 0.717) is 11.3 Å². The first-order valence-electron chi connectivity index (χ1n) is 9.14. The van der Waals surface area contributed by atoms with Gasteiger partial charge < -0.3 is 0 Å². The summed E-state index contributed by atoms with van der Waals surface area (Å²) in [7, 11) is -3.61. The zero-order valence-corrected chi connectivity index (χ0v) is 17.1. The second-order valence-corrected chi connectivity index (χ2v) is 9.48. The van der Waals surface area contributed by atoms with Crippen molar-refractivity contribution in [1.29, 1.82) is 0 Å². The number of rotatable bonds is 5. The molecule has 0 fully saturated rings. The lowest BCUT2D eigenvalue weighted by Crippen LogP contribution is -2.22. The summed E-state index contributed by atoms with van der Waals surface area (Å²) in [5.41, 5.74) is 6.60. The van der Waals surface area contributed by atoms with Gasteiger partial charge in [-0.3, -0.25) is 9.52 Å². The Hall–Kier alpha value is -2.97. The van der Waals surface area contributed by atoms with Crippen molar-refractivity contribution in [2.75, 3.05) is 4.72 Å². The summed E-state index contributed by atoms with van der Waals surface area (Å²) in [6.07, 6.45) is 2.84. The summed E-state index contributed by atoms with van der Waals surface area (Å²) in [6.45, 7) is 0. The van der Waals surface area contributed by atoms with E-state index in [1.165, 1.54) is 11.6 Å². The maximum absolute atomic E-state index is 12.4. The van der Waals surface area contributed by atoms with Crippen molar-refractivity contribution in [2.24, 2.45) is 5.10 Å². The number of benzene rings is 2. The number of aryl methyl sites for hydroxylation is 1. The molecule has 2 N–H and O–H groups in total. The SMILES string of the molecule is O=C(N/N=C1\CCCc2ccccc21)c1ccc(NS(=O)(=O)c2cccs2)cc1. The largest absolute Gasteiger partial charge is 0.279 e. The van der Waals surface area contributed by atoms with Crippen LogP contribution in [0.15, 0.2) is 75.4 Å². The fraction of sp³-hybridized carbons (Fsp3) is 0.143. The van der Waals surface area contributed by atoms with Crippen molar-refractivity contribution in [1.82, 2.24) is 5.43 Å². The van der Waals surface area contributed by atoms with Crippen LogP contribution in [-0.2, 0) is 16.4 Å². The van der Waals surface area contributed by atoms with Crippen molar-refractivity contribution in [3.05, 3.63) is 82.7 Å². The van der Waals surface area contributed by atoms with Gasteiger partial charge in [0.1, 0.15) is 4.21 Å². The molecule has 1 aromatic heterocycles. The van der Waals surface area contributed by atoms with Crippen LogP contribution in [0.1, 0.15) is 34.3 Å². The maximum Gasteiger partial charge on any atom is 0.271 e. The molecular weight excluding hydrogens is 406 g/mol. The van der Waals surface area contributed by atoms with Gasteiger partial charge in [-0.05, 0) is 60.5 Å². The smallest absolute Gasteiger partial charge is 0.271 e. The van der Waals surface area contributed by atoms with E-state index in [0.717, 1.165) is 41.9 Å². The molecule has 6 nitrogen and oxygen atoms in total. The Bertz CT molecular complexity index is 1150. The fourth-order valence-electron chi connectivity index (χ4n) is 3.21. The molecule has 8 heteroatoms. The number of hydrogen-bond donors (Lipinski definition) is 2. The molecule has 148 valence electrons. The molecule has 4 rings (SSSR count). The second-order valence-electron chi connectivity index (χ2n) is 6.63. The van der Waals surface area contributed by atoms with E-state index in [1.807, 2.05) is 18.2 Å². The maximum atomic E-state index is 12.4. The number of amides is 1. The molecule has 3 aromatic rings. The Morgan fingerprint density at radius 1 is 0.966 bits per heavy atom. The summed E-state index contributed by atoms with van der Waals surface area (Å²) in [5, 5.41) is 6.03. The van der Waals surface area contributed by atoms with Crippen LogP contribution in [0.3, 0.4) is 0 Å². The normalized spacial score (nSPS) is 15.0. The van der Waals surface area contributed by atoms with Gasteiger partial charge in [-0.15, -0.1) is 11.3 Å². The number of hydrogen-bond acceptors (Lipinski definition) is 5. The summed E-state index contributed by atoms with van der Waals surface area (Å²) < 4.78 is 27.3. The first-order valence-corrected chi connectivity index (χ1v) is 11.5. The zero-order valence-electron chi connectivity index (χ0n) is 15.5. The van der Waals surface area contributed by atoms with Gasteiger partial charge in [-0.25, -0.2) is 13.8 Å². The van der Waals surface area contributed by atoms with Crippen molar-refractivity contribution < 1.29 is 13.2 Å². The van der Waals surface area contributed by atoms with Crippen LogP contribution in [-0.4, -0.2) is 20.0 Å². The Balaban J connectivity index is 1.44. The molecule has 1 heterocycles. The van der Waals surface area contributed by atoms with Gasteiger partial charge in [0.15, 0.2) is 0 Å². The number of sulfonamides is 1. The first kappa shape index (κ1) is 19.4. The molecule has 0 unspecified atom stereocenters. The van der Waals surface area contributed by atoms with Gasteiger partial charge in [-0.2, -0.15) is 5.10 Å². The monoisotopic (exact) mass is 425 g/mol. The molecule has 0 saturated heterocycles. The number of anilines is 1. The number of hydrazone groups is 1. The molecular formula is C21H19N3O3S2. The van der Waals surface area contributed by atoms with E-state index in [1.54, 1.807) is 35.7 Å². The molecule has 2 aromatic carbocycles. The van der Waals surface area contributed by atoms with Crippen molar-refractivity contribution in [3.63, 3.8) is 0 Å². The third-order valence-corrected chi connectivity index (χ3v) is 7.42. The highest BCUT2D eigenvalue weighted by molar-refractivity contribution is 7.94. The number of nitrogens with zero attached hydrogens (tertiary/aromatic N) is 1. The number of thiophene rings is 1. The molecule has 1 amide bonds. The second kappa shape index (κ2) is 8.18. The van der Waals surface area contributed by atoms with Gasteiger partial charge in [0.2, 0.25) is 0 Å². The van der Waals surface area contributed by atoms with Crippen molar-refractivity contribution in [3.8, 4) is 0 Å². The van der Waals surface area contributed by atoms with E-state index in [4.69, 9.17) is 0 Å². The molecule has 0 spiro atoms. The molecule has 0 aliphatic heterocycles. The number of fused-ring (bicyclic) bond motifs is 1. The van der Waals surface area contributed by atoms with Gasteiger partial charge in [-0.1, -0.05) is 30.3 Å². The summed E-state index contributed by atoms with van der Waals surface area (Å²) >= 11 is 1.14. The lowest BCUT2D eigenvalue weighted by Gasteiger charge is -2.17. The Labute approximate surface area is 173 Å². The molecule has 29 heavy (non-hydrogen) atoms. The predicted octanol–water partition coefficient (Wildman–Crippen LogP) is 4.02. The van der Waals surface area contributed by atoms with Crippen LogP contribution in [0.4, 0.5) is 5.69 Å². The highest BCUT2D eigenvalue weighted by Gasteiger charge is 2.17. The molecule has 0 bridgehead atoms. The minimum Gasteiger partial charge on any atom is -0.279 e.